The summed E-state index contributed by atoms with van der Waals surface area (Å²) in [7, 11) is 0. The average Bonchev–Trinajstić information content (AvgIpc) is 3.15. The first kappa shape index (κ1) is 17.6. The van der Waals surface area contributed by atoms with Crippen molar-refractivity contribution >= 4 is 11.9 Å². The van der Waals surface area contributed by atoms with Crippen LogP contribution >= 0.6 is 0 Å². The Hall–Kier alpha value is -2.46. The molecule has 0 saturated carbocycles. The monoisotopic (exact) mass is 390 g/mol. The van der Waals surface area contributed by atoms with E-state index in [1.54, 1.807) is 50.3 Å². The van der Waals surface area contributed by atoms with Crippen molar-refractivity contribution in [3.05, 3.63) is 48.2 Å². The van der Waals surface area contributed by atoms with E-state index in [2.05, 4.69) is 10.6 Å². The zero-order chi connectivity index (χ0) is 20.8. The summed E-state index contributed by atoms with van der Waals surface area (Å²) in [6, 6.07) is 8.11. The normalized spacial score (nSPS) is 36.6. The second-order valence-corrected chi connectivity index (χ2v) is 7.17. The fraction of sp³-hybridized carbons (Fsp3) is 0.474. The number of aliphatic hydroxyl groups excluding tert-OH is 1. The minimum absolute atomic E-state index is 0.328. The Morgan fingerprint density at radius 1 is 1.32 bits per heavy atom. The molecule has 2 fully saturated rings. The summed E-state index contributed by atoms with van der Waals surface area (Å²) in [6.45, 7) is 2.78. The van der Waals surface area contributed by atoms with Crippen molar-refractivity contribution in [3.63, 3.8) is 0 Å². The Bertz CT molecular complexity index is 834. The van der Waals surface area contributed by atoms with Gasteiger partial charge in [-0.25, -0.2) is 4.79 Å². The Labute approximate surface area is 163 Å². The Balaban J connectivity index is 1.48. The number of rotatable bonds is 4. The smallest absolute Gasteiger partial charge is 0.325 e. The lowest BCUT2D eigenvalue weighted by Crippen LogP contribution is -2.57. The van der Waals surface area contributed by atoms with Crippen LogP contribution in [0.3, 0.4) is 0 Å². The van der Waals surface area contributed by atoms with Crippen molar-refractivity contribution in [2.75, 3.05) is 6.61 Å². The molecule has 1 unspecified atom stereocenters. The number of carbonyl (C=O) groups is 2. The maximum atomic E-state index is 12.7. The third kappa shape index (κ3) is 3.49. The van der Waals surface area contributed by atoms with E-state index in [1.807, 2.05) is 0 Å². The lowest BCUT2D eigenvalue weighted by molar-refractivity contribution is -0.201. The molecule has 3 aliphatic heterocycles. The van der Waals surface area contributed by atoms with Gasteiger partial charge in [-0.15, -0.1) is 0 Å². The van der Waals surface area contributed by atoms with Crippen molar-refractivity contribution in [1.29, 1.82) is 0 Å². The van der Waals surface area contributed by atoms with Crippen LogP contribution < -0.4 is 10.6 Å². The van der Waals surface area contributed by atoms with E-state index in [-0.39, 0.29) is 5.91 Å². The molecule has 5 atom stereocenters. The van der Waals surface area contributed by atoms with Crippen molar-refractivity contribution in [3.8, 4) is 0 Å². The number of hydrogen-bond acceptors (Lipinski definition) is 6. The Kier molecular flexibility index (Phi) is 4.52. The van der Waals surface area contributed by atoms with Crippen LogP contribution in [-0.2, 0) is 14.2 Å². The molecule has 0 spiro atoms. The van der Waals surface area contributed by atoms with E-state index in [4.69, 9.17) is 15.6 Å². The van der Waals surface area contributed by atoms with Gasteiger partial charge in [-0.05, 0) is 32.1 Å². The fourth-order valence-corrected chi connectivity index (χ4v) is 3.48. The van der Waals surface area contributed by atoms with E-state index in [9.17, 15) is 14.7 Å². The molecule has 9 nitrogen and oxygen atoms in total. The molecule has 2 saturated heterocycles. The highest BCUT2D eigenvalue weighted by Crippen LogP contribution is 2.40. The molecule has 0 bridgehead atoms. The van der Waals surface area contributed by atoms with Gasteiger partial charge in [-0.2, -0.15) is 0 Å². The van der Waals surface area contributed by atoms with Gasteiger partial charge in [0, 0.05) is 11.8 Å². The second kappa shape index (κ2) is 7.17. The fourth-order valence-electron chi connectivity index (χ4n) is 3.48. The van der Waals surface area contributed by atoms with E-state index in [0.29, 0.717) is 5.56 Å². The van der Waals surface area contributed by atoms with E-state index in [1.165, 1.54) is 11.1 Å². The van der Waals surface area contributed by atoms with Gasteiger partial charge >= 0.3 is 6.03 Å². The molecule has 0 aromatic heterocycles. The maximum Gasteiger partial charge on any atom is 0.325 e. The zero-order valence-electron chi connectivity index (χ0n) is 16.5. The number of carbonyl (C=O) groups excluding carboxylic acids is 2. The molecule has 3 aliphatic rings. The molecular weight excluding hydrogens is 366 g/mol. The number of fused-ring (bicyclic) bond motifs is 1. The first-order valence-electron chi connectivity index (χ1n) is 9.50. The largest absolute Gasteiger partial charge is 0.394 e. The average molecular weight is 390 g/mol. The quantitative estimate of drug-likeness (QED) is 0.692. The Morgan fingerprint density at radius 3 is 2.71 bits per heavy atom. The van der Waals surface area contributed by atoms with Crippen molar-refractivity contribution in [2.24, 2.45) is 0 Å². The number of aliphatic hydroxyl groups is 1. The maximum absolute atomic E-state index is 12.7. The topological polar surface area (TPSA) is 109 Å². The first-order chi connectivity index (χ1) is 13.7. The van der Waals surface area contributed by atoms with Crippen LogP contribution in [0.2, 0.25) is 0 Å². The zero-order valence-corrected chi connectivity index (χ0v) is 15.5. The van der Waals surface area contributed by atoms with Crippen molar-refractivity contribution in [1.82, 2.24) is 15.5 Å². The molecule has 3 heterocycles. The van der Waals surface area contributed by atoms with Gasteiger partial charge in [0.05, 0.1) is 7.98 Å². The predicted octanol–water partition coefficient (Wildman–Crippen LogP) is 0.519. The highest BCUT2D eigenvalue weighted by Gasteiger charge is 2.57. The van der Waals surface area contributed by atoms with Crippen LogP contribution in [0.25, 0.3) is 0 Å². The molecular formula is C19H23N3O6. The van der Waals surface area contributed by atoms with Crippen molar-refractivity contribution < 1.29 is 30.3 Å². The van der Waals surface area contributed by atoms with E-state index >= 15 is 0 Å². The number of amides is 3. The summed E-state index contributed by atoms with van der Waals surface area (Å²) >= 11 is 0. The molecule has 3 N–H and O–H groups in total. The summed E-state index contributed by atoms with van der Waals surface area (Å²) in [6.07, 6.45) is -1.98. The van der Waals surface area contributed by atoms with Gasteiger partial charge in [-0.1, -0.05) is 18.2 Å². The predicted molar refractivity (Wildman–Crippen MR) is 96.8 cm³/mol. The Morgan fingerprint density at radius 2 is 2.04 bits per heavy atom. The number of nitrogens with one attached hydrogen (secondary N) is 2. The molecule has 4 rings (SSSR count). The van der Waals surface area contributed by atoms with Gasteiger partial charge in [0.15, 0.2) is 12.0 Å². The third-order valence-electron chi connectivity index (χ3n) is 4.70. The van der Waals surface area contributed by atoms with Crippen LogP contribution in [0.1, 0.15) is 25.6 Å². The van der Waals surface area contributed by atoms with Crippen LogP contribution in [0.15, 0.2) is 42.6 Å². The summed E-state index contributed by atoms with van der Waals surface area (Å²) in [5.41, 5.74) is 0.472. The summed E-state index contributed by atoms with van der Waals surface area (Å²) in [5, 5.41) is 15.0. The SMILES string of the molecule is [2H][C@]1(CO)O[C@H](N2C=CC(NC(=O)c3ccccc3)NC2=O)[C@@H]2OC(C)(C)O[C@@H]21. The van der Waals surface area contributed by atoms with Crippen LogP contribution in [0.5, 0.6) is 0 Å². The number of ether oxygens (including phenoxy) is 3. The second-order valence-electron chi connectivity index (χ2n) is 7.17. The van der Waals surface area contributed by atoms with Crippen LogP contribution in [-0.4, -0.2) is 65.0 Å². The van der Waals surface area contributed by atoms with Gasteiger partial charge in [-0.3, -0.25) is 9.69 Å². The summed E-state index contributed by atoms with van der Waals surface area (Å²) < 4.78 is 25.6. The highest BCUT2D eigenvalue weighted by molar-refractivity contribution is 5.94. The summed E-state index contributed by atoms with van der Waals surface area (Å²) in [5.74, 6) is -1.30. The third-order valence-corrected chi connectivity index (χ3v) is 4.70. The first-order valence-corrected chi connectivity index (χ1v) is 9.00. The summed E-state index contributed by atoms with van der Waals surface area (Å²) in [4.78, 5) is 26.2. The molecule has 3 amide bonds. The van der Waals surface area contributed by atoms with Crippen LogP contribution in [0.4, 0.5) is 4.79 Å². The lowest BCUT2D eigenvalue weighted by atomic mass is 10.1. The molecule has 1 aromatic carbocycles. The molecule has 0 radical (unpaired) electrons. The van der Waals surface area contributed by atoms with E-state index < -0.39 is 49.1 Å². The van der Waals surface area contributed by atoms with Gasteiger partial charge in [0.1, 0.15) is 24.5 Å². The number of benzene rings is 1. The number of hydrogen-bond donors (Lipinski definition) is 3. The molecule has 0 aliphatic carbocycles. The lowest BCUT2D eigenvalue weighted by Gasteiger charge is -2.34. The van der Waals surface area contributed by atoms with Crippen molar-refractivity contribution in [2.45, 2.75) is 50.3 Å². The van der Waals surface area contributed by atoms with Gasteiger partial charge < -0.3 is 30.0 Å². The minimum atomic E-state index is -1.75. The molecule has 9 heteroatoms. The minimum Gasteiger partial charge on any atom is -0.394 e. The number of urea groups is 1. The number of nitrogens with zero attached hydrogens (tertiary/aromatic N) is 1. The van der Waals surface area contributed by atoms with Gasteiger partial charge in [0.25, 0.3) is 5.91 Å². The van der Waals surface area contributed by atoms with E-state index in [0.717, 1.165) is 0 Å². The molecule has 150 valence electrons. The standard InChI is InChI=1S/C19H23N3O6/c1-19(2)27-14-12(10-23)26-17(15(14)28-19)22-9-8-13(21-18(22)25)20-16(24)11-6-4-3-5-7-11/h3-9,12-15,17,23H,10H2,1-2H3,(H,20,24)(H,21,25)/t12-,13?,14-,15-,17+/m1/s1/i12D. The van der Waals surface area contributed by atoms with Gasteiger partial charge in [0.2, 0.25) is 0 Å². The highest BCUT2D eigenvalue weighted by atomic mass is 16.8. The van der Waals surface area contributed by atoms with Crippen LogP contribution in [0, 0.1) is 0 Å². The molecule has 1 aromatic rings. The molecule has 28 heavy (non-hydrogen) atoms.